The summed E-state index contributed by atoms with van der Waals surface area (Å²) in [5.74, 6) is 0.163. The number of anilines is 1. The van der Waals surface area contributed by atoms with E-state index in [4.69, 9.17) is 22.1 Å². The number of hydrogen-bond acceptors (Lipinski definition) is 6. The van der Waals surface area contributed by atoms with E-state index in [0.29, 0.717) is 35.1 Å². The number of H-pyrrole nitrogens is 1. The number of carbonyl (C=O) groups excluding carboxylic acids is 1. The van der Waals surface area contributed by atoms with E-state index in [1.807, 2.05) is 22.8 Å². The topological polar surface area (TPSA) is 124 Å². The van der Waals surface area contributed by atoms with Crippen LogP contribution in [0.5, 0.6) is 0 Å². The number of nitrogens with zero attached hydrogens (tertiary/aromatic N) is 4. The lowest BCUT2D eigenvalue weighted by Gasteiger charge is -2.07. The molecule has 4 rings (SSSR count). The summed E-state index contributed by atoms with van der Waals surface area (Å²) >= 11 is 6.31. The molecule has 0 spiro atoms. The van der Waals surface area contributed by atoms with Crippen molar-refractivity contribution in [2.75, 3.05) is 19.5 Å². The fraction of sp³-hybridized carbons (Fsp3) is 0.222. The minimum absolute atomic E-state index is 0.0238. The number of amides is 1. The smallest absolute Gasteiger partial charge is 0.246 e. The van der Waals surface area contributed by atoms with Gasteiger partial charge in [0.25, 0.3) is 0 Å². The lowest BCUT2D eigenvalue weighted by molar-refractivity contribution is -0.124. The Bertz CT molecular complexity index is 1170. The average molecular weight is 400 g/mol. The Kier molecular flexibility index (Phi) is 4.84. The normalized spacial score (nSPS) is 11.4. The fourth-order valence-corrected chi connectivity index (χ4v) is 3.38. The largest absolute Gasteiger partial charge is 0.382 e. The monoisotopic (exact) mass is 399 g/mol. The number of fused-ring (bicyclic) bond motifs is 2. The van der Waals surface area contributed by atoms with Crippen molar-refractivity contribution in [2.24, 2.45) is 0 Å². The zero-order valence-corrected chi connectivity index (χ0v) is 15.8. The van der Waals surface area contributed by atoms with Gasteiger partial charge in [-0.25, -0.2) is 15.0 Å². The third kappa shape index (κ3) is 3.49. The van der Waals surface area contributed by atoms with Crippen molar-refractivity contribution < 1.29 is 9.53 Å². The van der Waals surface area contributed by atoms with Gasteiger partial charge in [0.15, 0.2) is 11.5 Å². The quantitative estimate of drug-likeness (QED) is 0.454. The first kappa shape index (κ1) is 18.2. The number of carbonyl (C=O) groups is 1. The predicted molar refractivity (Wildman–Crippen MR) is 106 cm³/mol. The molecular formula is C18H18ClN7O2. The SMILES string of the molecule is COCC(=O)NCc1cc2cc(Cl)cc(Cn3cnc4c(N)ncnc43)c2[nH]1. The molecule has 4 N–H and O–H groups in total. The van der Waals surface area contributed by atoms with Crippen molar-refractivity contribution in [3.8, 4) is 0 Å². The van der Waals surface area contributed by atoms with Crippen LogP contribution in [0.15, 0.2) is 30.9 Å². The molecule has 3 heterocycles. The van der Waals surface area contributed by atoms with Gasteiger partial charge in [0.2, 0.25) is 5.91 Å². The standard InChI is InChI=1S/C18H18ClN7O2/c1-28-7-14(27)21-5-13-4-10-2-12(19)3-11(15(10)25-13)6-26-9-24-16-17(20)22-8-23-18(16)26/h2-4,8-9,25H,5-7H2,1H3,(H,21,27)(H2,20,22,23). The summed E-state index contributed by atoms with van der Waals surface area (Å²) in [6, 6.07) is 5.73. The molecule has 4 aromatic rings. The van der Waals surface area contributed by atoms with Crippen LogP contribution >= 0.6 is 11.6 Å². The molecule has 144 valence electrons. The summed E-state index contributed by atoms with van der Waals surface area (Å²) in [5, 5.41) is 4.37. The second-order valence-electron chi connectivity index (χ2n) is 6.34. The summed E-state index contributed by atoms with van der Waals surface area (Å²) in [6.07, 6.45) is 3.09. The van der Waals surface area contributed by atoms with Crippen molar-refractivity contribution in [2.45, 2.75) is 13.1 Å². The van der Waals surface area contributed by atoms with Crippen LogP contribution in [0.25, 0.3) is 22.1 Å². The minimum atomic E-state index is -0.179. The van der Waals surface area contributed by atoms with Crippen LogP contribution in [-0.2, 0) is 22.6 Å². The van der Waals surface area contributed by atoms with Gasteiger partial charge in [-0.15, -0.1) is 0 Å². The highest BCUT2D eigenvalue weighted by Crippen LogP contribution is 2.26. The number of benzene rings is 1. The van der Waals surface area contributed by atoms with Crippen molar-refractivity contribution in [3.05, 3.63) is 47.1 Å². The van der Waals surface area contributed by atoms with Gasteiger partial charge in [-0.05, 0) is 23.8 Å². The van der Waals surface area contributed by atoms with Crippen LogP contribution in [0.3, 0.4) is 0 Å². The number of ether oxygens (including phenoxy) is 1. The Balaban J connectivity index is 1.66. The molecule has 1 amide bonds. The van der Waals surface area contributed by atoms with E-state index in [1.54, 1.807) is 6.33 Å². The number of nitrogens with one attached hydrogen (secondary N) is 2. The van der Waals surface area contributed by atoms with Crippen molar-refractivity contribution in [1.29, 1.82) is 0 Å². The van der Waals surface area contributed by atoms with Crippen LogP contribution in [0.4, 0.5) is 5.82 Å². The summed E-state index contributed by atoms with van der Waals surface area (Å²) in [7, 11) is 1.48. The molecular weight excluding hydrogens is 382 g/mol. The van der Waals surface area contributed by atoms with E-state index >= 15 is 0 Å². The van der Waals surface area contributed by atoms with Crippen LogP contribution in [0.1, 0.15) is 11.3 Å². The van der Waals surface area contributed by atoms with Gasteiger partial charge in [-0.2, -0.15) is 0 Å². The number of nitrogens with two attached hydrogens (primary N) is 1. The van der Waals surface area contributed by atoms with E-state index in [0.717, 1.165) is 22.2 Å². The zero-order valence-electron chi connectivity index (χ0n) is 15.1. The molecule has 0 aliphatic heterocycles. The minimum Gasteiger partial charge on any atom is -0.382 e. The third-order valence-corrected chi connectivity index (χ3v) is 4.57. The Morgan fingerprint density at radius 3 is 3.00 bits per heavy atom. The number of rotatable bonds is 6. The Hall–Kier alpha value is -3.17. The first-order valence-electron chi connectivity index (χ1n) is 8.52. The molecule has 0 unspecified atom stereocenters. The molecule has 10 heteroatoms. The average Bonchev–Trinajstić information content (AvgIpc) is 3.25. The molecule has 0 saturated heterocycles. The molecule has 0 atom stereocenters. The summed E-state index contributed by atoms with van der Waals surface area (Å²) in [6.45, 7) is 0.891. The maximum Gasteiger partial charge on any atom is 0.246 e. The van der Waals surface area contributed by atoms with Crippen molar-refractivity contribution >= 4 is 45.4 Å². The summed E-state index contributed by atoms with van der Waals surface area (Å²) in [4.78, 5) is 27.5. The molecule has 0 fully saturated rings. The van der Waals surface area contributed by atoms with E-state index < -0.39 is 0 Å². The lowest BCUT2D eigenvalue weighted by Crippen LogP contribution is -2.26. The highest BCUT2D eigenvalue weighted by Gasteiger charge is 2.12. The van der Waals surface area contributed by atoms with E-state index in [2.05, 4.69) is 25.3 Å². The summed E-state index contributed by atoms with van der Waals surface area (Å²) < 4.78 is 6.71. The van der Waals surface area contributed by atoms with E-state index in [1.165, 1.54) is 13.4 Å². The second kappa shape index (κ2) is 7.45. The van der Waals surface area contributed by atoms with Gasteiger partial charge in [-0.1, -0.05) is 11.6 Å². The van der Waals surface area contributed by atoms with Gasteiger partial charge in [-0.3, -0.25) is 4.79 Å². The summed E-state index contributed by atoms with van der Waals surface area (Å²) in [5.41, 5.74) is 9.84. The van der Waals surface area contributed by atoms with Gasteiger partial charge in [0.1, 0.15) is 18.5 Å². The molecule has 0 saturated carbocycles. The molecule has 28 heavy (non-hydrogen) atoms. The fourth-order valence-electron chi connectivity index (χ4n) is 3.13. The maximum absolute atomic E-state index is 11.6. The number of imidazole rings is 1. The highest BCUT2D eigenvalue weighted by molar-refractivity contribution is 6.31. The molecule has 3 aromatic heterocycles. The van der Waals surface area contributed by atoms with Crippen LogP contribution in [0, 0.1) is 0 Å². The number of halogens is 1. The third-order valence-electron chi connectivity index (χ3n) is 4.35. The van der Waals surface area contributed by atoms with Gasteiger partial charge in [0.05, 0.1) is 24.9 Å². The van der Waals surface area contributed by atoms with Gasteiger partial charge in [0, 0.05) is 23.2 Å². The van der Waals surface area contributed by atoms with Gasteiger partial charge < -0.3 is 25.3 Å². The maximum atomic E-state index is 11.6. The van der Waals surface area contributed by atoms with Gasteiger partial charge >= 0.3 is 0 Å². The number of aromatic nitrogens is 5. The van der Waals surface area contributed by atoms with E-state index in [-0.39, 0.29) is 12.5 Å². The highest BCUT2D eigenvalue weighted by atomic mass is 35.5. The Morgan fingerprint density at radius 1 is 1.32 bits per heavy atom. The molecule has 9 nitrogen and oxygen atoms in total. The number of aromatic amines is 1. The number of methoxy groups -OCH3 is 1. The number of hydrogen-bond donors (Lipinski definition) is 3. The molecule has 0 aliphatic carbocycles. The molecule has 0 radical (unpaired) electrons. The molecule has 0 aliphatic rings. The molecule has 0 bridgehead atoms. The zero-order chi connectivity index (χ0) is 19.7. The lowest BCUT2D eigenvalue weighted by atomic mass is 10.1. The number of nitrogen functional groups attached to an aromatic ring is 1. The first-order valence-corrected chi connectivity index (χ1v) is 8.90. The predicted octanol–water partition coefficient (Wildman–Crippen LogP) is 1.85. The second-order valence-corrected chi connectivity index (χ2v) is 6.77. The van der Waals surface area contributed by atoms with Crippen molar-refractivity contribution in [3.63, 3.8) is 0 Å². The van der Waals surface area contributed by atoms with Crippen LogP contribution in [0.2, 0.25) is 5.02 Å². The Labute approximate surface area is 164 Å². The Morgan fingerprint density at radius 2 is 2.18 bits per heavy atom. The molecule has 1 aromatic carbocycles. The van der Waals surface area contributed by atoms with Crippen LogP contribution in [-0.4, -0.2) is 44.1 Å². The van der Waals surface area contributed by atoms with Crippen molar-refractivity contribution in [1.82, 2.24) is 29.8 Å². The first-order chi connectivity index (χ1) is 13.5. The van der Waals surface area contributed by atoms with Crippen LogP contribution < -0.4 is 11.1 Å². The van der Waals surface area contributed by atoms with E-state index in [9.17, 15) is 4.79 Å².